The first kappa shape index (κ1) is 23.0. The Hall–Kier alpha value is -4.22. The fraction of sp³-hybridized carbons (Fsp3) is 0.103. The Morgan fingerprint density at radius 2 is 1.56 bits per heavy atom. The monoisotopic (exact) mass is 451 g/mol. The molecule has 1 atom stereocenters. The molecule has 0 heterocycles. The first-order valence-corrected chi connectivity index (χ1v) is 11.0. The Bertz CT molecular complexity index is 1330. The van der Waals surface area contributed by atoms with Gasteiger partial charge in [-0.25, -0.2) is 9.59 Å². The second-order valence-electron chi connectivity index (χ2n) is 7.96. The molecule has 5 nitrogen and oxygen atoms in total. The number of esters is 1. The Morgan fingerprint density at radius 1 is 0.882 bits per heavy atom. The summed E-state index contributed by atoms with van der Waals surface area (Å²) in [6, 6.07) is 29.7. The van der Waals surface area contributed by atoms with Gasteiger partial charge < -0.3 is 9.84 Å². The maximum Gasteiger partial charge on any atom is 0.339 e. The molecule has 170 valence electrons. The van der Waals surface area contributed by atoms with E-state index in [2.05, 4.69) is 0 Å². The highest BCUT2D eigenvalue weighted by Gasteiger charge is 2.24. The van der Waals surface area contributed by atoms with E-state index in [0.29, 0.717) is 6.54 Å². The summed E-state index contributed by atoms with van der Waals surface area (Å²) < 4.78 is 5.99. The van der Waals surface area contributed by atoms with Crippen molar-refractivity contribution in [3.05, 3.63) is 125 Å². The van der Waals surface area contributed by atoms with Gasteiger partial charge in [-0.1, -0.05) is 91.0 Å². The van der Waals surface area contributed by atoms with Crippen molar-refractivity contribution in [1.82, 2.24) is 4.90 Å². The fourth-order valence-corrected chi connectivity index (χ4v) is 3.82. The molecule has 0 aliphatic carbocycles. The van der Waals surface area contributed by atoms with Crippen molar-refractivity contribution < 1.29 is 19.4 Å². The predicted octanol–water partition coefficient (Wildman–Crippen LogP) is 6.04. The van der Waals surface area contributed by atoms with Crippen LogP contribution in [0.25, 0.3) is 16.8 Å². The van der Waals surface area contributed by atoms with E-state index in [9.17, 15) is 14.7 Å². The number of hydrogen-bond donors (Lipinski definition) is 1. The normalized spacial score (nSPS) is 12.2. The molecule has 0 aromatic heterocycles. The summed E-state index contributed by atoms with van der Waals surface area (Å²) in [4.78, 5) is 26.4. The van der Waals surface area contributed by atoms with Crippen molar-refractivity contribution in [1.29, 1.82) is 0 Å². The number of likely N-dealkylation sites (N-methyl/N-ethyl adjacent to an activating group) is 1. The molecule has 0 radical (unpaired) electrons. The van der Waals surface area contributed by atoms with E-state index in [1.54, 1.807) is 12.1 Å². The van der Waals surface area contributed by atoms with Crippen molar-refractivity contribution in [2.24, 2.45) is 0 Å². The Labute approximate surface area is 198 Å². The van der Waals surface area contributed by atoms with Gasteiger partial charge in [0.05, 0.1) is 11.1 Å². The third-order valence-electron chi connectivity index (χ3n) is 5.56. The highest BCUT2D eigenvalue weighted by atomic mass is 16.6. The summed E-state index contributed by atoms with van der Waals surface area (Å²) in [7, 11) is 1.89. The van der Waals surface area contributed by atoms with E-state index in [0.717, 1.165) is 21.9 Å². The number of carbonyl (C=O) groups excluding carboxylic acids is 1. The molecule has 4 rings (SSSR count). The van der Waals surface area contributed by atoms with Crippen LogP contribution >= 0.6 is 0 Å². The zero-order valence-corrected chi connectivity index (χ0v) is 18.8. The van der Waals surface area contributed by atoms with Gasteiger partial charge in [0.15, 0.2) is 6.23 Å². The summed E-state index contributed by atoms with van der Waals surface area (Å²) in [5.41, 5.74) is 2.17. The van der Waals surface area contributed by atoms with Gasteiger partial charge in [0.25, 0.3) is 0 Å². The second kappa shape index (κ2) is 10.6. The zero-order valence-electron chi connectivity index (χ0n) is 18.8. The first-order chi connectivity index (χ1) is 16.5. The molecule has 34 heavy (non-hydrogen) atoms. The van der Waals surface area contributed by atoms with Crippen molar-refractivity contribution >= 4 is 28.8 Å². The van der Waals surface area contributed by atoms with Gasteiger partial charge in [-0.3, -0.25) is 4.90 Å². The molecule has 0 aliphatic rings. The van der Waals surface area contributed by atoms with E-state index in [4.69, 9.17) is 4.74 Å². The van der Waals surface area contributed by atoms with Crippen molar-refractivity contribution in [2.45, 2.75) is 6.23 Å². The fourth-order valence-electron chi connectivity index (χ4n) is 3.82. The van der Waals surface area contributed by atoms with E-state index in [-0.39, 0.29) is 11.1 Å². The molecule has 1 N–H and O–H groups in total. The Balaban J connectivity index is 1.65. The maximum absolute atomic E-state index is 13.1. The van der Waals surface area contributed by atoms with Gasteiger partial charge in [0, 0.05) is 12.1 Å². The van der Waals surface area contributed by atoms with Crippen LogP contribution in [0, 0.1) is 0 Å². The number of benzene rings is 4. The third-order valence-corrected chi connectivity index (χ3v) is 5.56. The summed E-state index contributed by atoms with van der Waals surface area (Å²) in [5, 5.41) is 11.3. The van der Waals surface area contributed by atoms with Crippen LogP contribution in [-0.4, -0.2) is 35.5 Å². The molecule has 0 saturated heterocycles. The number of carboxylic acids is 1. The van der Waals surface area contributed by atoms with Crippen LogP contribution in [0.4, 0.5) is 0 Å². The summed E-state index contributed by atoms with van der Waals surface area (Å²) in [6.45, 7) is 0.533. The molecule has 0 bridgehead atoms. The Morgan fingerprint density at radius 3 is 2.35 bits per heavy atom. The molecule has 0 fully saturated rings. The molecule has 0 amide bonds. The lowest BCUT2D eigenvalue weighted by Gasteiger charge is -2.28. The van der Waals surface area contributed by atoms with Crippen molar-refractivity contribution in [2.75, 3.05) is 13.6 Å². The van der Waals surface area contributed by atoms with Crippen LogP contribution in [0.1, 0.15) is 38.1 Å². The predicted molar refractivity (Wildman–Crippen MR) is 134 cm³/mol. The minimum Gasteiger partial charge on any atom is -0.478 e. The van der Waals surface area contributed by atoms with Crippen molar-refractivity contribution in [3.8, 4) is 0 Å². The van der Waals surface area contributed by atoms with Crippen LogP contribution in [0.15, 0.2) is 103 Å². The number of aromatic carboxylic acids is 1. The highest BCUT2D eigenvalue weighted by Crippen LogP contribution is 2.29. The average Bonchev–Trinajstić information content (AvgIpc) is 2.87. The smallest absolute Gasteiger partial charge is 0.339 e. The number of carboxylic acid groups (broad SMARTS) is 1. The lowest BCUT2D eigenvalue weighted by molar-refractivity contribution is -0.0200. The van der Waals surface area contributed by atoms with Crippen molar-refractivity contribution in [3.63, 3.8) is 0 Å². The SMILES string of the molecule is CN(C/C=C/c1ccccc1)C(OC(=O)c1cccc(C(=O)O)c1)c1cccc2ccccc12. The van der Waals surface area contributed by atoms with Crippen LogP contribution < -0.4 is 0 Å². The largest absolute Gasteiger partial charge is 0.478 e. The van der Waals surface area contributed by atoms with E-state index < -0.39 is 18.2 Å². The van der Waals surface area contributed by atoms with Crippen LogP contribution in [-0.2, 0) is 4.74 Å². The van der Waals surface area contributed by atoms with Crippen LogP contribution in [0.5, 0.6) is 0 Å². The number of ether oxygens (including phenoxy) is 1. The van der Waals surface area contributed by atoms with Crippen LogP contribution in [0.2, 0.25) is 0 Å². The maximum atomic E-state index is 13.1. The topological polar surface area (TPSA) is 66.8 Å². The summed E-state index contributed by atoms with van der Waals surface area (Å²) in [6.07, 6.45) is 3.37. The molecule has 0 spiro atoms. The number of hydrogen-bond acceptors (Lipinski definition) is 4. The number of nitrogens with zero attached hydrogens (tertiary/aromatic N) is 1. The Kier molecular flexibility index (Phi) is 7.16. The molecular weight excluding hydrogens is 426 g/mol. The molecular formula is C29H25NO4. The van der Waals surface area contributed by atoms with E-state index in [1.165, 1.54) is 12.1 Å². The molecule has 4 aromatic carbocycles. The van der Waals surface area contributed by atoms with E-state index in [1.807, 2.05) is 96.9 Å². The summed E-state index contributed by atoms with van der Waals surface area (Å²) in [5.74, 6) is -1.68. The summed E-state index contributed by atoms with van der Waals surface area (Å²) >= 11 is 0. The number of carbonyl (C=O) groups is 2. The quantitative estimate of drug-likeness (QED) is 0.261. The van der Waals surface area contributed by atoms with Gasteiger partial charge in [0.1, 0.15) is 0 Å². The average molecular weight is 452 g/mol. The first-order valence-electron chi connectivity index (χ1n) is 11.0. The van der Waals surface area contributed by atoms with E-state index >= 15 is 0 Å². The standard InChI is InChI=1S/C29H25NO4/c1-30(19-9-12-21-10-3-2-4-11-21)27(26-18-8-14-22-13-5-6-17-25(22)26)34-29(33)24-16-7-15-23(20-24)28(31)32/h2-18,20,27H,19H2,1H3,(H,31,32)/b12-9+. The van der Waals surface area contributed by atoms with Gasteiger partial charge in [-0.2, -0.15) is 0 Å². The van der Waals surface area contributed by atoms with Gasteiger partial charge in [0.2, 0.25) is 0 Å². The van der Waals surface area contributed by atoms with Crippen LogP contribution in [0.3, 0.4) is 0 Å². The molecule has 0 saturated carbocycles. The van der Waals surface area contributed by atoms with Gasteiger partial charge >= 0.3 is 11.9 Å². The lowest BCUT2D eigenvalue weighted by Crippen LogP contribution is -2.29. The molecule has 5 heteroatoms. The molecule has 0 aliphatic heterocycles. The second-order valence-corrected chi connectivity index (χ2v) is 7.96. The lowest BCUT2D eigenvalue weighted by atomic mass is 10.0. The molecule has 1 unspecified atom stereocenters. The van der Waals surface area contributed by atoms with Gasteiger partial charge in [-0.05, 0) is 41.6 Å². The third kappa shape index (κ3) is 5.39. The van der Waals surface area contributed by atoms with Gasteiger partial charge in [-0.15, -0.1) is 0 Å². The number of fused-ring (bicyclic) bond motifs is 1. The number of rotatable bonds is 8. The highest BCUT2D eigenvalue weighted by molar-refractivity contribution is 5.95. The molecule has 4 aromatic rings. The minimum atomic E-state index is -1.09. The minimum absolute atomic E-state index is 0.0373. The zero-order chi connectivity index (χ0) is 23.9.